The first-order valence-corrected chi connectivity index (χ1v) is 6.17. The molecular weight excluding hydrogens is 220 g/mol. The molecule has 0 atom stereocenters. The van der Waals surface area contributed by atoms with Crippen LogP contribution in [-0.2, 0) is 0 Å². The molecule has 0 aliphatic rings. The first-order chi connectivity index (χ1) is 7.85. The zero-order valence-corrected chi connectivity index (χ0v) is 9.91. The molecule has 0 saturated carbocycles. The molecule has 1 aromatic heterocycles. The summed E-state index contributed by atoms with van der Waals surface area (Å²) in [6.07, 6.45) is 0. The third kappa shape index (κ3) is 2.32. The highest BCUT2D eigenvalue weighted by Crippen LogP contribution is 2.27. The average Bonchev–Trinajstić information content (AvgIpc) is 2.72. The Morgan fingerprint density at radius 3 is 2.44 bits per heavy atom. The Bertz CT molecular complexity index is 415. The van der Waals surface area contributed by atoms with E-state index in [0.29, 0.717) is 13.1 Å². The fourth-order valence-corrected chi connectivity index (χ4v) is 2.63. The molecule has 2 aromatic rings. The zero-order chi connectivity index (χ0) is 11.4. The van der Waals surface area contributed by atoms with Gasteiger partial charge in [-0.2, -0.15) is 0 Å². The summed E-state index contributed by atoms with van der Waals surface area (Å²) in [6, 6.07) is 8.14. The van der Waals surface area contributed by atoms with Gasteiger partial charge < -0.3 is 16.4 Å². The number of aromatic nitrogens is 1. The molecule has 0 amide bonds. The first-order valence-electron chi connectivity index (χ1n) is 5.36. The lowest BCUT2D eigenvalue weighted by atomic mass is 10.3. The number of thiazole rings is 1. The minimum absolute atomic E-state index is 0.621. The summed E-state index contributed by atoms with van der Waals surface area (Å²) >= 11 is 1.69. The van der Waals surface area contributed by atoms with Crippen LogP contribution in [0.1, 0.15) is 0 Å². The Balaban J connectivity index is 2.29. The van der Waals surface area contributed by atoms with E-state index in [0.717, 1.165) is 23.7 Å². The van der Waals surface area contributed by atoms with Crippen molar-refractivity contribution < 1.29 is 0 Å². The Kier molecular flexibility index (Phi) is 3.71. The minimum Gasteiger partial charge on any atom is -0.346 e. The maximum atomic E-state index is 5.59. The second-order valence-electron chi connectivity index (χ2n) is 3.53. The van der Waals surface area contributed by atoms with Crippen molar-refractivity contribution in [2.45, 2.75) is 0 Å². The van der Waals surface area contributed by atoms with Crippen molar-refractivity contribution in [2.75, 3.05) is 31.1 Å². The number of rotatable bonds is 5. The number of nitrogens with two attached hydrogens (primary N) is 2. The molecule has 2 rings (SSSR count). The van der Waals surface area contributed by atoms with Gasteiger partial charge in [-0.1, -0.05) is 23.5 Å². The largest absolute Gasteiger partial charge is 0.346 e. The van der Waals surface area contributed by atoms with Gasteiger partial charge in [0.15, 0.2) is 5.13 Å². The van der Waals surface area contributed by atoms with E-state index < -0.39 is 0 Å². The lowest BCUT2D eigenvalue weighted by Crippen LogP contribution is -2.33. The number of nitrogens with zero attached hydrogens (tertiary/aromatic N) is 2. The van der Waals surface area contributed by atoms with Crippen LogP contribution in [0.4, 0.5) is 5.13 Å². The predicted octanol–water partition coefficient (Wildman–Crippen LogP) is 1.02. The standard InChI is InChI=1S/C11H16N4S/c12-5-7-15(8-6-13)11-14-9-3-1-2-4-10(9)16-11/h1-4H,5-8,12-13H2. The molecule has 1 heterocycles. The van der Waals surface area contributed by atoms with Crippen molar-refractivity contribution in [1.29, 1.82) is 0 Å². The molecule has 16 heavy (non-hydrogen) atoms. The number of anilines is 1. The molecule has 86 valence electrons. The number of hydrogen-bond acceptors (Lipinski definition) is 5. The van der Waals surface area contributed by atoms with Gasteiger partial charge in [0.25, 0.3) is 0 Å². The van der Waals surface area contributed by atoms with Crippen LogP contribution in [0.2, 0.25) is 0 Å². The predicted molar refractivity (Wildman–Crippen MR) is 69.9 cm³/mol. The molecule has 4 nitrogen and oxygen atoms in total. The Labute approximate surface area is 98.9 Å². The van der Waals surface area contributed by atoms with E-state index in [9.17, 15) is 0 Å². The van der Waals surface area contributed by atoms with Gasteiger partial charge in [-0.3, -0.25) is 0 Å². The fourth-order valence-electron chi connectivity index (χ4n) is 1.61. The van der Waals surface area contributed by atoms with Gasteiger partial charge in [0.05, 0.1) is 10.2 Å². The maximum absolute atomic E-state index is 5.59. The summed E-state index contributed by atoms with van der Waals surface area (Å²) < 4.78 is 1.21. The molecular formula is C11H16N4S. The van der Waals surface area contributed by atoms with E-state index >= 15 is 0 Å². The summed E-state index contributed by atoms with van der Waals surface area (Å²) in [5, 5.41) is 1.01. The first kappa shape index (κ1) is 11.3. The van der Waals surface area contributed by atoms with Gasteiger partial charge in [0.2, 0.25) is 0 Å². The van der Waals surface area contributed by atoms with Gasteiger partial charge in [0, 0.05) is 26.2 Å². The van der Waals surface area contributed by atoms with E-state index in [1.165, 1.54) is 4.70 Å². The topological polar surface area (TPSA) is 68.2 Å². The maximum Gasteiger partial charge on any atom is 0.186 e. The normalized spacial score (nSPS) is 10.9. The van der Waals surface area contributed by atoms with Crippen LogP contribution >= 0.6 is 11.3 Å². The smallest absolute Gasteiger partial charge is 0.186 e. The molecule has 0 unspecified atom stereocenters. The SMILES string of the molecule is NCCN(CCN)c1nc2ccccc2s1. The molecule has 5 heteroatoms. The van der Waals surface area contributed by atoms with Crippen molar-refractivity contribution in [3.8, 4) is 0 Å². The molecule has 0 fully saturated rings. The van der Waals surface area contributed by atoms with E-state index in [1.807, 2.05) is 18.2 Å². The summed E-state index contributed by atoms with van der Waals surface area (Å²) in [4.78, 5) is 6.73. The third-order valence-electron chi connectivity index (χ3n) is 2.35. The number of para-hydroxylation sites is 1. The van der Waals surface area contributed by atoms with Crippen LogP contribution in [0.3, 0.4) is 0 Å². The Morgan fingerprint density at radius 2 is 1.81 bits per heavy atom. The highest BCUT2D eigenvalue weighted by molar-refractivity contribution is 7.22. The van der Waals surface area contributed by atoms with Gasteiger partial charge in [0.1, 0.15) is 0 Å². The number of hydrogen-bond donors (Lipinski definition) is 2. The van der Waals surface area contributed by atoms with Gasteiger partial charge in [-0.15, -0.1) is 0 Å². The van der Waals surface area contributed by atoms with Crippen molar-refractivity contribution >= 4 is 26.7 Å². The second kappa shape index (κ2) is 5.25. The molecule has 0 radical (unpaired) electrons. The van der Waals surface area contributed by atoms with Crippen LogP contribution < -0.4 is 16.4 Å². The molecule has 1 aromatic carbocycles. The van der Waals surface area contributed by atoms with Crippen molar-refractivity contribution in [2.24, 2.45) is 11.5 Å². The quantitative estimate of drug-likeness (QED) is 0.813. The molecule has 0 aliphatic carbocycles. The van der Waals surface area contributed by atoms with Crippen LogP contribution in [0.15, 0.2) is 24.3 Å². The van der Waals surface area contributed by atoms with Crippen molar-refractivity contribution in [1.82, 2.24) is 4.98 Å². The van der Waals surface area contributed by atoms with Crippen LogP contribution in [0.25, 0.3) is 10.2 Å². The Morgan fingerprint density at radius 1 is 1.12 bits per heavy atom. The van der Waals surface area contributed by atoms with Crippen LogP contribution in [-0.4, -0.2) is 31.2 Å². The van der Waals surface area contributed by atoms with Gasteiger partial charge >= 0.3 is 0 Å². The lowest BCUT2D eigenvalue weighted by Gasteiger charge is -2.19. The average molecular weight is 236 g/mol. The fraction of sp³-hybridized carbons (Fsp3) is 0.364. The lowest BCUT2D eigenvalue weighted by molar-refractivity contribution is 0.780. The highest BCUT2D eigenvalue weighted by Gasteiger charge is 2.10. The van der Waals surface area contributed by atoms with Crippen molar-refractivity contribution in [3.05, 3.63) is 24.3 Å². The van der Waals surface area contributed by atoms with Gasteiger partial charge in [-0.25, -0.2) is 4.98 Å². The van der Waals surface area contributed by atoms with E-state index in [1.54, 1.807) is 11.3 Å². The zero-order valence-electron chi connectivity index (χ0n) is 9.10. The van der Waals surface area contributed by atoms with E-state index in [-0.39, 0.29) is 0 Å². The monoisotopic (exact) mass is 236 g/mol. The van der Waals surface area contributed by atoms with Crippen LogP contribution in [0, 0.1) is 0 Å². The number of benzene rings is 1. The molecule has 0 saturated heterocycles. The summed E-state index contributed by atoms with van der Waals surface area (Å²) in [6.45, 7) is 2.85. The Hall–Kier alpha value is -1.17. The minimum atomic E-state index is 0.621. The van der Waals surface area contributed by atoms with E-state index in [4.69, 9.17) is 11.5 Å². The molecule has 0 aliphatic heterocycles. The summed E-state index contributed by atoms with van der Waals surface area (Å²) in [5.41, 5.74) is 12.2. The highest BCUT2D eigenvalue weighted by atomic mass is 32.1. The number of fused-ring (bicyclic) bond motifs is 1. The van der Waals surface area contributed by atoms with Crippen LogP contribution in [0.5, 0.6) is 0 Å². The van der Waals surface area contributed by atoms with Gasteiger partial charge in [-0.05, 0) is 12.1 Å². The van der Waals surface area contributed by atoms with E-state index in [2.05, 4.69) is 16.0 Å². The molecule has 0 spiro atoms. The van der Waals surface area contributed by atoms with Crippen molar-refractivity contribution in [3.63, 3.8) is 0 Å². The summed E-state index contributed by atoms with van der Waals surface area (Å²) in [7, 11) is 0. The molecule has 0 bridgehead atoms. The second-order valence-corrected chi connectivity index (χ2v) is 4.54. The molecule has 4 N–H and O–H groups in total. The summed E-state index contributed by atoms with van der Waals surface area (Å²) in [5.74, 6) is 0. The third-order valence-corrected chi connectivity index (χ3v) is 3.45.